The molecule has 1 unspecified atom stereocenters. The molecular formula is C27H26N2O5S. The zero-order valence-electron chi connectivity index (χ0n) is 19.2. The lowest BCUT2D eigenvalue weighted by Crippen LogP contribution is -2.42. The molecule has 2 aliphatic rings. The van der Waals surface area contributed by atoms with E-state index in [1.54, 1.807) is 6.07 Å². The summed E-state index contributed by atoms with van der Waals surface area (Å²) in [7, 11) is 0. The van der Waals surface area contributed by atoms with Crippen LogP contribution < -0.4 is 5.32 Å². The number of thiophene rings is 1. The Morgan fingerprint density at radius 3 is 2.26 bits per heavy atom. The molecule has 35 heavy (non-hydrogen) atoms. The molecule has 2 aromatic carbocycles. The summed E-state index contributed by atoms with van der Waals surface area (Å²) in [5.74, 6) is -2.09. The Morgan fingerprint density at radius 1 is 1.03 bits per heavy atom. The molecule has 1 fully saturated rings. The summed E-state index contributed by atoms with van der Waals surface area (Å²) in [5, 5.41) is 14.0. The van der Waals surface area contributed by atoms with E-state index >= 15 is 0 Å². The van der Waals surface area contributed by atoms with E-state index in [2.05, 4.69) is 17.4 Å². The fraction of sp³-hybridized carbons (Fsp3) is 0.296. The number of alkyl carbamates (subject to hydrolysis) is 1. The predicted octanol–water partition coefficient (Wildman–Crippen LogP) is 4.51. The third-order valence-corrected chi connectivity index (χ3v) is 7.86. The minimum absolute atomic E-state index is 0.0835. The third-order valence-electron chi connectivity index (χ3n) is 6.92. The fourth-order valence-electron chi connectivity index (χ4n) is 5.12. The zero-order chi connectivity index (χ0) is 24.5. The maximum absolute atomic E-state index is 13.4. The van der Waals surface area contributed by atoms with Crippen molar-refractivity contribution in [2.24, 2.45) is 11.8 Å². The SMILES string of the molecule is C[C@@H]1CN(C(=O)C(NC(=O)OCC2c3ccccc3-c3ccccc32)c2cccs2)C[C@H]1C(=O)O. The monoisotopic (exact) mass is 490 g/mol. The van der Waals surface area contributed by atoms with Gasteiger partial charge in [0.1, 0.15) is 12.6 Å². The summed E-state index contributed by atoms with van der Waals surface area (Å²) in [4.78, 5) is 40.0. The molecule has 0 spiro atoms. The summed E-state index contributed by atoms with van der Waals surface area (Å²) < 4.78 is 5.65. The number of fused-ring (bicyclic) bond motifs is 3. The highest BCUT2D eigenvalue weighted by Gasteiger charge is 2.40. The van der Waals surface area contributed by atoms with Crippen LogP contribution in [0.15, 0.2) is 66.0 Å². The lowest BCUT2D eigenvalue weighted by atomic mass is 9.98. The van der Waals surface area contributed by atoms with E-state index in [1.165, 1.54) is 16.2 Å². The summed E-state index contributed by atoms with van der Waals surface area (Å²) >= 11 is 1.36. The van der Waals surface area contributed by atoms with Gasteiger partial charge in [-0.25, -0.2) is 4.79 Å². The average molecular weight is 491 g/mol. The van der Waals surface area contributed by atoms with E-state index in [0.717, 1.165) is 22.3 Å². The van der Waals surface area contributed by atoms with Crippen molar-refractivity contribution in [2.45, 2.75) is 18.9 Å². The summed E-state index contributed by atoms with van der Waals surface area (Å²) in [5.41, 5.74) is 4.50. The molecule has 0 bridgehead atoms. The van der Waals surface area contributed by atoms with Gasteiger partial charge in [0.25, 0.3) is 5.91 Å². The number of ether oxygens (including phenoxy) is 1. The van der Waals surface area contributed by atoms with Crippen LogP contribution in [0.25, 0.3) is 11.1 Å². The van der Waals surface area contributed by atoms with Crippen LogP contribution in [0.2, 0.25) is 0 Å². The number of carbonyl (C=O) groups is 3. The van der Waals surface area contributed by atoms with Gasteiger partial charge in [-0.05, 0) is 39.6 Å². The molecule has 2 N–H and O–H groups in total. The van der Waals surface area contributed by atoms with Crippen LogP contribution in [0.4, 0.5) is 4.79 Å². The van der Waals surface area contributed by atoms with E-state index < -0.39 is 24.0 Å². The van der Waals surface area contributed by atoms with Crippen LogP contribution in [0.5, 0.6) is 0 Å². The van der Waals surface area contributed by atoms with E-state index in [1.807, 2.05) is 54.8 Å². The quantitative estimate of drug-likeness (QED) is 0.530. The Bertz CT molecular complexity index is 1210. The summed E-state index contributed by atoms with van der Waals surface area (Å²) in [6, 6.07) is 18.9. The Balaban J connectivity index is 1.30. The standard InChI is InChI=1S/C27H26N2O5S/c1-16-13-29(14-21(16)26(31)32)25(30)24(23-11-6-12-35-23)28-27(33)34-15-22-19-9-4-2-7-17(19)18-8-3-5-10-20(18)22/h2-12,16,21-22,24H,13-15H2,1H3,(H,28,33)(H,31,32)/t16-,21-,24?/m1/s1. The van der Waals surface area contributed by atoms with Crippen molar-refractivity contribution < 1.29 is 24.2 Å². The highest BCUT2D eigenvalue weighted by molar-refractivity contribution is 7.10. The topological polar surface area (TPSA) is 95.9 Å². The van der Waals surface area contributed by atoms with Crippen molar-refractivity contribution in [1.82, 2.24) is 10.2 Å². The van der Waals surface area contributed by atoms with Gasteiger partial charge in [-0.15, -0.1) is 11.3 Å². The molecule has 0 radical (unpaired) electrons. The second kappa shape index (κ2) is 9.54. The smallest absolute Gasteiger partial charge is 0.408 e. The number of hydrogen-bond acceptors (Lipinski definition) is 5. The molecule has 1 aliphatic heterocycles. The van der Waals surface area contributed by atoms with E-state index in [4.69, 9.17) is 4.74 Å². The van der Waals surface area contributed by atoms with Crippen LogP contribution in [0, 0.1) is 11.8 Å². The number of amides is 2. The number of benzene rings is 2. The van der Waals surface area contributed by atoms with Gasteiger partial charge >= 0.3 is 12.1 Å². The zero-order valence-corrected chi connectivity index (χ0v) is 20.0. The lowest BCUT2D eigenvalue weighted by molar-refractivity contribution is -0.142. The number of nitrogens with zero attached hydrogens (tertiary/aromatic N) is 1. The molecule has 3 aromatic rings. The van der Waals surface area contributed by atoms with Gasteiger partial charge in [-0.1, -0.05) is 61.5 Å². The van der Waals surface area contributed by atoms with Crippen LogP contribution in [0.3, 0.4) is 0 Å². The van der Waals surface area contributed by atoms with Crippen LogP contribution >= 0.6 is 11.3 Å². The minimum atomic E-state index is -0.926. The minimum Gasteiger partial charge on any atom is -0.481 e. The van der Waals surface area contributed by atoms with Gasteiger partial charge in [0.2, 0.25) is 0 Å². The second-order valence-electron chi connectivity index (χ2n) is 9.08. The van der Waals surface area contributed by atoms with Crippen molar-refractivity contribution in [3.8, 4) is 11.1 Å². The first kappa shape index (κ1) is 23.1. The molecule has 7 nitrogen and oxygen atoms in total. The predicted molar refractivity (Wildman–Crippen MR) is 132 cm³/mol. The molecule has 1 aliphatic carbocycles. The number of rotatable bonds is 6. The van der Waals surface area contributed by atoms with E-state index in [9.17, 15) is 19.5 Å². The van der Waals surface area contributed by atoms with Crippen LogP contribution in [0.1, 0.15) is 34.9 Å². The maximum atomic E-state index is 13.4. The van der Waals surface area contributed by atoms with Crippen molar-refractivity contribution in [2.75, 3.05) is 19.7 Å². The van der Waals surface area contributed by atoms with Gasteiger partial charge in [-0.2, -0.15) is 0 Å². The molecule has 3 atom stereocenters. The normalized spacial score (nSPS) is 19.6. The van der Waals surface area contributed by atoms with E-state index in [0.29, 0.717) is 11.4 Å². The second-order valence-corrected chi connectivity index (χ2v) is 10.1. The first-order chi connectivity index (χ1) is 16.9. The number of carbonyl (C=O) groups excluding carboxylic acids is 2. The lowest BCUT2D eigenvalue weighted by Gasteiger charge is -2.24. The van der Waals surface area contributed by atoms with Crippen molar-refractivity contribution >= 4 is 29.3 Å². The Morgan fingerprint density at radius 2 is 1.69 bits per heavy atom. The molecule has 180 valence electrons. The Labute approximate surface area is 207 Å². The molecule has 2 heterocycles. The van der Waals surface area contributed by atoms with Crippen molar-refractivity contribution in [1.29, 1.82) is 0 Å². The molecule has 5 rings (SSSR count). The molecule has 8 heteroatoms. The Kier molecular flexibility index (Phi) is 6.30. The van der Waals surface area contributed by atoms with Gasteiger partial charge in [-0.3, -0.25) is 9.59 Å². The van der Waals surface area contributed by atoms with Crippen molar-refractivity contribution in [3.05, 3.63) is 82.0 Å². The summed E-state index contributed by atoms with van der Waals surface area (Å²) in [6.07, 6.45) is -0.680. The number of hydrogen-bond donors (Lipinski definition) is 2. The number of carboxylic acids is 1. The average Bonchev–Trinajstić information content (AvgIpc) is 3.59. The van der Waals surface area contributed by atoms with Crippen molar-refractivity contribution in [3.63, 3.8) is 0 Å². The van der Waals surface area contributed by atoms with Gasteiger partial charge in [0, 0.05) is 23.9 Å². The van der Waals surface area contributed by atoms with Crippen LogP contribution in [-0.2, 0) is 14.3 Å². The number of aliphatic carboxylic acids is 1. The Hall–Kier alpha value is -3.65. The van der Waals surface area contributed by atoms with Gasteiger partial charge in [0.15, 0.2) is 0 Å². The maximum Gasteiger partial charge on any atom is 0.408 e. The molecule has 2 amide bonds. The summed E-state index contributed by atoms with van der Waals surface area (Å²) in [6.45, 7) is 2.44. The third kappa shape index (κ3) is 4.41. The highest BCUT2D eigenvalue weighted by Crippen LogP contribution is 2.44. The molecule has 0 saturated carbocycles. The molecule has 1 aromatic heterocycles. The largest absolute Gasteiger partial charge is 0.481 e. The molecule has 1 saturated heterocycles. The molecular weight excluding hydrogens is 464 g/mol. The highest BCUT2D eigenvalue weighted by atomic mass is 32.1. The van der Waals surface area contributed by atoms with Crippen LogP contribution in [-0.4, -0.2) is 47.7 Å². The number of likely N-dealkylation sites (tertiary alicyclic amines) is 1. The number of nitrogens with one attached hydrogen (secondary N) is 1. The van der Waals surface area contributed by atoms with E-state index in [-0.39, 0.29) is 30.9 Å². The first-order valence-electron chi connectivity index (χ1n) is 11.6. The van der Waals surface area contributed by atoms with Gasteiger partial charge in [0.05, 0.1) is 5.92 Å². The number of carboxylic acid groups (broad SMARTS) is 1. The fourth-order valence-corrected chi connectivity index (χ4v) is 5.89. The van der Waals surface area contributed by atoms with Gasteiger partial charge < -0.3 is 20.1 Å². The first-order valence-corrected chi connectivity index (χ1v) is 12.5.